The Balaban J connectivity index is 2.14. The molecule has 94 valence electrons. The van der Waals surface area contributed by atoms with Crippen molar-refractivity contribution >= 4 is 44.8 Å². The monoisotopic (exact) mass is 347 g/mol. The van der Waals surface area contributed by atoms with Crippen LogP contribution in [0.2, 0.25) is 10.0 Å². The van der Waals surface area contributed by atoms with Crippen molar-refractivity contribution in [2.45, 2.75) is 6.54 Å². The molecule has 0 heterocycles. The first-order chi connectivity index (χ1) is 8.58. The molecule has 0 aliphatic carbocycles. The van der Waals surface area contributed by atoms with Gasteiger partial charge in [0.1, 0.15) is 5.82 Å². The summed E-state index contributed by atoms with van der Waals surface area (Å²) in [5.74, 6) is -0.419. The Labute approximate surface area is 123 Å². The molecule has 2 rings (SSSR count). The van der Waals surface area contributed by atoms with Gasteiger partial charge < -0.3 is 5.32 Å². The normalized spacial score (nSPS) is 10.4. The average molecular weight is 349 g/mol. The number of rotatable bonds is 3. The lowest BCUT2D eigenvalue weighted by atomic mass is 10.2. The van der Waals surface area contributed by atoms with Gasteiger partial charge in [0, 0.05) is 11.0 Å². The van der Waals surface area contributed by atoms with Gasteiger partial charge in [0.15, 0.2) is 0 Å². The van der Waals surface area contributed by atoms with Crippen LogP contribution in [0, 0.1) is 5.82 Å². The topological polar surface area (TPSA) is 12.0 Å². The first kappa shape index (κ1) is 13.7. The number of anilines is 1. The SMILES string of the molecule is Fc1cccc(CNc2ccc(Br)cc2Cl)c1Cl. The minimum Gasteiger partial charge on any atom is -0.380 e. The zero-order valence-electron chi connectivity index (χ0n) is 9.18. The van der Waals surface area contributed by atoms with Gasteiger partial charge >= 0.3 is 0 Å². The average Bonchev–Trinajstić information content (AvgIpc) is 2.33. The quantitative estimate of drug-likeness (QED) is 0.771. The molecule has 0 unspecified atom stereocenters. The van der Waals surface area contributed by atoms with Crippen LogP contribution in [0.15, 0.2) is 40.9 Å². The lowest BCUT2D eigenvalue weighted by Crippen LogP contribution is -2.01. The van der Waals surface area contributed by atoms with Crippen LogP contribution >= 0.6 is 39.1 Å². The maximum absolute atomic E-state index is 13.2. The van der Waals surface area contributed by atoms with Crippen LogP contribution in [0.1, 0.15) is 5.56 Å². The Morgan fingerprint density at radius 1 is 1.17 bits per heavy atom. The van der Waals surface area contributed by atoms with Crippen LogP contribution in [0.5, 0.6) is 0 Å². The summed E-state index contributed by atoms with van der Waals surface area (Å²) < 4.78 is 14.1. The molecule has 5 heteroatoms. The standard InChI is InChI=1S/C13H9BrCl2FN/c14-9-4-5-12(10(15)6-9)18-7-8-2-1-3-11(17)13(8)16/h1-6,18H,7H2. The zero-order valence-corrected chi connectivity index (χ0v) is 12.3. The van der Waals surface area contributed by atoms with Gasteiger partial charge in [-0.2, -0.15) is 0 Å². The van der Waals surface area contributed by atoms with Crippen molar-refractivity contribution < 1.29 is 4.39 Å². The van der Waals surface area contributed by atoms with E-state index in [1.165, 1.54) is 6.07 Å². The van der Waals surface area contributed by atoms with Crippen molar-refractivity contribution in [1.29, 1.82) is 0 Å². The van der Waals surface area contributed by atoms with Crippen LogP contribution in [0.4, 0.5) is 10.1 Å². The summed E-state index contributed by atoms with van der Waals surface area (Å²) >= 11 is 15.3. The summed E-state index contributed by atoms with van der Waals surface area (Å²) in [6.45, 7) is 0.415. The minimum atomic E-state index is -0.419. The third-order valence-corrected chi connectivity index (χ3v) is 3.66. The minimum absolute atomic E-state index is 0.137. The summed E-state index contributed by atoms with van der Waals surface area (Å²) in [5, 5.41) is 3.85. The van der Waals surface area contributed by atoms with Gasteiger partial charge in [0.2, 0.25) is 0 Å². The van der Waals surface area contributed by atoms with E-state index in [9.17, 15) is 4.39 Å². The molecule has 0 aliphatic rings. The van der Waals surface area contributed by atoms with Crippen LogP contribution in [0.25, 0.3) is 0 Å². The van der Waals surface area contributed by atoms with Crippen LogP contribution < -0.4 is 5.32 Å². The summed E-state index contributed by atoms with van der Waals surface area (Å²) in [6.07, 6.45) is 0. The molecule has 0 saturated carbocycles. The second kappa shape index (κ2) is 5.91. The van der Waals surface area contributed by atoms with Crippen molar-refractivity contribution in [3.8, 4) is 0 Å². The van der Waals surface area contributed by atoms with Crippen molar-refractivity contribution in [2.75, 3.05) is 5.32 Å². The Hall–Kier alpha value is -0.770. The van der Waals surface area contributed by atoms with Crippen LogP contribution in [-0.2, 0) is 6.54 Å². The van der Waals surface area contributed by atoms with Gasteiger partial charge in [0.05, 0.1) is 15.7 Å². The highest BCUT2D eigenvalue weighted by atomic mass is 79.9. The molecule has 0 aliphatic heterocycles. The smallest absolute Gasteiger partial charge is 0.142 e. The Morgan fingerprint density at radius 2 is 1.94 bits per heavy atom. The molecule has 0 bridgehead atoms. The van der Waals surface area contributed by atoms with E-state index < -0.39 is 5.82 Å². The van der Waals surface area contributed by atoms with Gasteiger partial charge in [-0.05, 0) is 29.8 Å². The molecule has 1 N–H and O–H groups in total. The van der Waals surface area contributed by atoms with Gasteiger partial charge in [0.25, 0.3) is 0 Å². The van der Waals surface area contributed by atoms with Crippen molar-refractivity contribution in [1.82, 2.24) is 0 Å². The molecule has 0 radical (unpaired) electrons. The summed E-state index contributed by atoms with van der Waals surface area (Å²) in [6, 6.07) is 10.2. The van der Waals surface area contributed by atoms with Crippen LogP contribution in [-0.4, -0.2) is 0 Å². The zero-order chi connectivity index (χ0) is 13.1. The largest absolute Gasteiger partial charge is 0.380 e. The third kappa shape index (κ3) is 3.16. The number of hydrogen-bond acceptors (Lipinski definition) is 1. The van der Waals surface area contributed by atoms with Crippen LogP contribution in [0.3, 0.4) is 0 Å². The molecule has 0 spiro atoms. The number of halogens is 4. The fraction of sp³-hybridized carbons (Fsp3) is 0.0769. The molecule has 2 aromatic carbocycles. The molecular formula is C13H9BrCl2FN. The molecule has 0 fully saturated rings. The van der Waals surface area contributed by atoms with E-state index >= 15 is 0 Å². The molecular weight excluding hydrogens is 340 g/mol. The highest BCUT2D eigenvalue weighted by Gasteiger charge is 2.06. The fourth-order valence-electron chi connectivity index (χ4n) is 1.51. The van der Waals surface area contributed by atoms with E-state index in [-0.39, 0.29) is 5.02 Å². The molecule has 2 aromatic rings. The van der Waals surface area contributed by atoms with E-state index in [4.69, 9.17) is 23.2 Å². The van der Waals surface area contributed by atoms with E-state index in [1.54, 1.807) is 18.2 Å². The lowest BCUT2D eigenvalue weighted by Gasteiger charge is -2.10. The first-order valence-electron chi connectivity index (χ1n) is 5.20. The number of nitrogens with one attached hydrogen (secondary N) is 1. The Morgan fingerprint density at radius 3 is 2.67 bits per heavy atom. The molecule has 18 heavy (non-hydrogen) atoms. The van der Waals surface area contributed by atoms with E-state index in [1.807, 2.05) is 12.1 Å². The maximum Gasteiger partial charge on any atom is 0.142 e. The summed E-state index contributed by atoms with van der Waals surface area (Å²) in [4.78, 5) is 0. The predicted octanol–water partition coefficient (Wildman–Crippen LogP) is 5.51. The summed E-state index contributed by atoms with van der Waals surface area (Å²) in [5.41, 5.74) is 1.47. The van der Waals surface area contributed by atoms with Crippen molar-refractivity contribution in [3.63, 3.8) is 0 Å². The highest BCUT2D eigenvalue weighted by molar-refractivity contribution is 9.10. The molecule has 0 amide bonds. The van der Waals surface area contributed by atoms with Crippen molar-refractivity contribution in [2.24, 2.45) is 0 Å². The van der Waals surface area contributed by atoms with Crippen molar-refractivity contribution in [3.05, 3.63) is 62.3 Å². The molecule has 1 nitrogen and oxygen atoms in total. The second-order valence-corrected chi connectivity index (χ2v) is 5.39. The van der Waals surface area contributed by atoms with E-state index in [2.05, 4.69) is 21.2 Å². The van der Waals surface area contributed by atoms with E-state index in [0.29, 0.717) is 17.1 Å². The second-order valence-electron chi connectivity index (χ2n) is 3.69. The van der Waals surface area contributed by atoms with Gasteiger partial charge in [-0.15, -0.1) is 0 Å². The number of hydrogen-bond donors (Lipinski definition) is 1. The van der Waals surface area contributed by atoms with Gasteiger partial charge in [-0.25, -0.2) is 4.39 Å². The highest BCUT2D eigenvalue weighted by Crippen LogP contribution is 2.27. The maximum atomic E-state index is 13.2. The molecule has 0 atom stereocenters. The third-order valence-electron chi connectivity index (χ3n) is 2.43. The number of benzene rings is 2. The predicted molar refractivity (Wildman–Crippen MR) is 77.9 cm³/mol. The fourth-order valence-corrected chi connectivity index (χ4v) is 2.44. The van der Waals surface area contributed by atoms with Gasteiger partial charge in [-0.1, -0.05) is 51.3 Å². The van der Waals surface area contributed by atoms with Gasteiger partial charge in [-0.3, -0.25) is 0 Å². The summed E-state index contributed by atoms with van der Waals surface area (Å²) in [7, 11) is 0. The molecule has 0 saturated heterocycles. The first-order valence-corrected chi connectivity index (χ1v) is 6.74. The Kier molecular flexibility index (Phi) is 4.49. The van der Waals surface area contributed by atoms with E-state index in [0.717, 1.165) is 10.2 Å². The molecule has 0 aromatic heterocycles. The lowest BCUT2D eigenvalue weighted by molar-refractivity contribution is 0.626. The Bertz CT molecular complexity index is 575.